The first-order chi connectivity index (χ1) is 9.25. The van der Waals surface area contributed by atoms with Gasteiger partial charge in [0.2, 0.25) is 10.0 Å². The molecule has 1 rings (SSSR count). The van der Waals surface area contributed by atoms with Crippen LogP contribution in [0.15, 0.2) is 23.1 Å². The number of rotatable bonds is 7. The fraction of sp³-hybridized carbons (Fsp3) is 0.538. The summed E-state index contributed by atoms with van der Waals surface area (Å²) in [5.74, 6) is 0. The Hall–Kier alpha value is -1.31. The number of anilines is 2. The molecule has 0 saturated heterocycles. The third kappa shape index (κ3) is 4.36. The SMILES string of the molecule is CN(C)CCCNc1cc(S(=O)(=O)N(C)C)ccc1N. The van der Waals surface area contributed by atoms with Gasteiger partial charge in [0.15, 0.2) is 0 Å². The van der Waals surface area contributed by atoms with Crippen molar-refractivity contribution in [2.24, 2.45) is 0 Å². The van der Waals surface area contributed by atoms with Gasteiger partial charge in [-0.3, -0.25) is 0 Å². The van der Waals surface area contributed by atoms with Gasteiger partial charge < -0.3 is 16.0 Å². The summed E-state index contributed by atoms with van der Waals surface area (Å²) in [6, 6.07) is 4.72. The molecule has 0 aliphatic heterocycles. The molecule has 0 aliphatic rings. The van der Waals surface area contributed by atoms with Gasteiger partial charge in [-0.2, -0.15) is 0 Å². The standard InChI is InChI=1S/C13H24N4O2S/c1-16(2)9-5-8-15-13-10-11(6-7-12(13)14)20(18,19)17(3)4/h6-7,10,15H,5,8-9,14H2,1-4H3. The van der Waals surface area contributed by atoms with Crippen LogP contribution in [-0.2, 0) is 10.0 Å². The molecule has 0 aliphatic carbocycles. The van der Waals surface area contributed by atoms with Gasteiger partial charge in [0.1, 0.15) is 0 Å². The molecule has 6 nitrogen and oxygen atoms in total. The zero-order valence-corrected chi connectivity index (χ0v) is 13.4. The minimum atomic E-state index is -3.43. The molecule has 0 aromatic heterocycles. The van der Waals surface area contributed by atoms with E-state index < -0.39 is 10.0 Å². The zero-order valence-electron chi connectivity index (χ0n) is 12.5. The van der Waals surface area contributed by atoms with Crippen molar-refractivity contribution in [3.63, 3.8) is 0 Å². The summed E-state index contributed by atoms with van der Waals surface area (Å²) in [7, 11) is 3.61. The van der Waals surface area contributed by atoms with Crippen molar-refractivity contribution >= 4 is 21.4 Å². The minimum absolute atomic E-state index is 0.242. The topological polar surface area (TPSA) is 78.7 Å². The smallest absolute Gasteiger partial charge is 0.242 e. The maximum absolute atomic E-state index is 12.1. The number of hydrogen-bond donors (Lipinski definition) is 2. The highest BCUT2D eigenvalue weighted by Crippen LogP contribution is 2.24. The Labute approximate surface area is 121 Å². The van der Waals surface area contributed by atoms with Crippen molar-refractivity contribution < 1.29 is 8.42 Å². The predicted octanol–water partition coefficient (Wildman–Crippen LogP) is 0.883. The van der Waals surface area contributed by atoms with Gasteiger partial charge in [0, 0.05) is 20.6 Å². The Morgan fingerprint density at radius 1 is 1.20 bits per heavy atom. The van der Waals surface area contributed by atoms with E-state index >= 15 is 0 Å². The van der Waals surface area contributed by atoms with E-state index in [1.165, 1.54) is 24.5 Å². The van der Waals surface area contributed by atoms with Crippen molar-refractivity contribution in [2.45, 2.75) is 11.3 Å². The van der Waals surface area contributed by atoms with Gasteiger partial charge in [-0.05, 0) is 45.3 Å². The van der Waals surface area contributed by atoms with E-state index in [0.29, 0.717) is 11.4 Å². The summed E-state index contributed by atoms with van der Waals surface area (Å²) < 4.78 is 25.3. The predicted molar refractivity (Wildman–Crippen MR) is 83.4 cm³/mol. The first-order valence-electron chi connectivity index (χ1n) is 6.46. The lowest BCUT2D eigenvalue weighted by molar-refractivity contribution is 0.405. The Balaban J connectivity index is 2.82. The molecule has 20 heavy (non-hydrogen) atoms. The first-order valence-corrected chi connectivity index (χ1v) is 7.90. The normalized spacial score (nSPS) is 12.1. The molecule has 3 N–H and O–H groups in total. The molecule has 0 spiro atoms. The van der Waals surface area contributed by atoms with Gasteiger partial charge in [-0.25, -0.2) is 12.7 Å². The third-order valence-electron chi connectivity index (χ3n) is 2.90. The number of nitrogen functional groups attached to an aromatic ring is 1. The monoisotopic (exact) mass is 300 g/mol. The molecule has 0 fully saturated rings. The lowest BCUT2D eigenvalue weighted by atomic mass is 10.2. The van der Waals surface area contributed by atoms with Crippen molar-refractivity contribution in [1.29, 1.82) is 0 Å². The van der Waals surface area contributed by atoms with Crippen LogP contribution in [0, 0.1) is 0 Å². The van der Waals surface area contributed by atoms with Gasteiger partial charge >= 0.3 is 0 Å². The van der Waals surface area contributed by atoms with Crippen LogP contribution in [0.25, 0.3) is 0 Å². The summed E-state index contributed by atoms with van der Waals surface area (Å²) in [6.45, 7) is 1.70. The van der Waals surface area contributed by atoms with E-state index in [2.05, 4.69) is 10.2 Å². The Bertz CT molecular complexity index is 541. The fourth-order valence-electron chi connectivity index (χ4n) is 1.68. The van der Waals surface area contributed by atoms with Crippen molar-refractivity contribution in [2.75, 3.05) is 52.3 Å². The molecule has 0 heterocycles. The van der Waals surface area contributed by atoms with Gasteiger partial charge in [-0.15, -0.1) is 0 Å². The number of nitrogens with two attached hydrogens (primary N) is 1. The van der Waals surface area contributed by atoms with Crippen molar-refractivity contribution in [1.82, 2.24) is 9.21 Å². The van der Waals surface area contributed by atoms with E-state index in [1.54, 1.807) is 12.1 Å². The molecular weight excluding hydrogens is 276 g/mol. The highest BCUT2D eigenvalue weighted by Gasteiger charge is 2.18. The lowest BCUT2D eigenvalue weighted by Gasteiger charge is -2.15. The van der Waals surface area contributed by atoms with Crippen LogP contribution in [0.5, 0.6) is 0 Å². The Kier molecular flexibility index (Phi) is 5.79. The van der Waals surface area contributed by atoms with Gasteiger partial charge in [0.25, 0.3) is 0 Å². The first kappa shape index (κ1) is 16.7. The molecule has 7 heteroatoms. The number of sulfonamides is 1. The molecular formula is C13H24N4O2S. The van der Waals surface area contributed by atoms with E-state index in [9.17, 15) is 8.42 Å². The van der Waals surface area contributed by atoms with E-state index in [-0.39, 0.29) is 4.90 Å². The minimum Gasteiger partial charge on any atom is -0.397 e. The Morgan fingerprint density at radius 3 is 2.40 bits per heavy atom. The highest BCUT2D eigenvalue weighted by atomic mass is 32.2. The molecule has 0 radical (unpaired) electrons. The Morgan fingerprint density at radius 2 is 1.85 bits per heavy atom. The maximum Gasteiger partial charge on any atom is 0.242 e. The van der Waals surface area contributed by atoms with Crippen LogP contribution >= 0.6 is 0 Å². The van der Waals surface area contributed by atoms with Crippen LogP contribution in [0.4, 0.5) is 11.4 Å². The number of nitrogens with one attached hydrogen (secondary N) is 1. The zero-order chi connectivity index (χ0) is 15.3. The molecule has 0 saturated carbocycles. The van der Waals surface area contributed by atoms with Crippen molar-refractivity contribution in [3.05, 3.63) is 18.2 Å². The molecule has 114 valence electrons. The van der Waals surface area contributed by atoms with E-state index in [0.717, 1.165) is 19.5 Å². The van der Waals surface area contributed by atoms with Gasteiger partial charge in [-0.1, -0.05) is 0 Å². The number of nitrogens with zero attached hydrogens (tertiary/aromatic N) is 2. The van der Waals surface area contributed by atoms with Gasteiger partial charge in [0.05, 0.1) is 16.3 Å². The molecule has 0 amide bonds. The molecule has 1 aromatic carbocycles. The van der Waals surface area contributed by atoms with Crippen LogP contribution in [0.3, 0.4) is 0 Å². The summed E-state index contributed by atoms with van der Waals surface area (Å²) >= 11 is 0. The summed E-state index contributed by atoms with van der Waals surface area (Å²) in [5, 5.41) is 3.19. The number of benzene rings is 1. The van der Waals surface area contributed by atoms with Crippen LogP contribution in [-0.4, -0.2) is 58.9 Å². The van der Waals surface area contributed by atoms with E-state index in [1.807, 2.05) is 14.1 Å². The molecule has 0 unspecified atom stereocenters. The lowest BCUT2D eigenvalue weighted by Crippen LogP contribution is -2.22. The fourth-order valence-corrected chi connectivity index (χ4v) is 2.61. The summed E-state index contributed by atoms with van der Waals surface area (Å²) in [5.41, 5.74) is 7.08. The average Bonchev–Trinajstić information content (AvgIpc) is 2.35. The average molecular weight is 300 g/mol. The summed E-state index contributed by atoms with van der Waals surface area (Å²) in [6.07, 6.45) is 0.955. The quantitative estimate of drug-likeness (QED) is 0.577. The maximum atomic E-state index is 12.1. The second-order valence-corrected chi connectivity index (χ2v) is 7.27. The second-order valence-electron chi connectivity index (χ2n) is 5.12. The van der Waals surface area contributed by atoms with Crippen LogP contribution in [0.1, 0.15) is 6.42 Å². The molecule has 0 atom stereocenters. The highest BCUT2D eigenvalue weighted by molar-refractivity contribution is 7.89. The molecule has 0 bridgehead atoms. The van der Waals surface area contributed by atoms with Crippen LogP contribution in [0.2, 0.25) is 0 Å². The van der Waals surface area contributed by atoms with E-state index in [4.69, 9.17) is 5.73 Å². The largest absolute Gasteiger partial charge is 0.397 e. The second kappa shape index (κ2) is 6.92. The third-order valence-corrected chi connectivity index (χ3v) is 4.71. The van der Waals surface area contributed by atoms with Crippen molar-refractivity contribution in [3.8, 4) is 0 Å². The molecule has 1 aromatic rings. The van der Waals surface area contributed by atoms with Crippen LogP contribution < -0.4 is 11.1 Å². The number of hydrogen-bond acceptors (Lipinski definition) is 5. The summed E-state index contributed by atoms with van der Waals surface area (Å²) in [4.78, 5) is 2.34.